The smallest absolute Gasteiger partial charge is 0.248 e. The van der Waals surface area contributed by atoms with Gasteiger partial charge in [-0.2, -0.15) is 0 Å². The number of H-pyrrole nitrogens is 1. The van der Waals surface area contributed by atoms with Gasteiger partial charge in [-0.25, -0.2) is 0 Å². The topological polar surface area (TPSA) is 53.2 Å². The lowest BCUT2D eigenvalue weighted by Gasteiger charge is -2.33. The van der Waals surface area contributed by atoms with E-state index in [4.69, 9.17) is 0 Å². The monoisotopic (exact) mass is 220 g/mol. The van der Waals surface area contributed by atoms with Crippen LogP contribution in [0.2, 0.25) is 0 Å². The van der Waals surface area contributed by atoms with Crippen LogP contribution in [0.5, 0.6) is 0 Å². The molecule has 1 unspecified atom stereocenters. The van der Waals surface area contributed by atoms with Crippen LogP contribution in [0.3, 0.4) is 0 Å². The molecule has 1 atom stereocenters. The lowest BCUT2D eigenvalue weighted by Crippen LogP contribution is -2.33. The molecule has 1 saturated heterocycles. The second kappa shape index (κ2) is 4.51. The summed E-state index contributed by atoms with van der Waals surface area (Å²) in [6.45, 7) is 2.70. The van der Waals surface area contributed by atoms with Crippen LogP contribution in [0.1, 0.15) is 36.6 Å². The standard InChI is InChI=1S/C12H16N2O2/c1-9-10(5-6-12(16)13-9)11-4-2-3-7-14(11)8-15/h5-6,8,11H,2-4,7H2,1H3,(H,13,16). The maximum absolute atomic E-state index is 11.1. The molecule has 1 aliphatic heterocycles. The van der Waals surface area contributed by atoms with Crippen LogP contribution in [0.25, 0.3) is 0 Å². The van der Waals surface area contributed by atoms with Gasteiger partial charge < -0.3 is 9.88 Å². The Bertz CT molecular complexity index is 439. The number of aryl methyl sites for hydroxylation is 1. The van der Waals surface area contributed by atoms with Crippen LogP contribution >= 0.6 is 0 Å². The van der Waals surface area contributed by atoms with Gasteiger partial charge in [-0.1, -0.05) is 0 Å². The summed E-state index contributed by atoms with van der Waals surface area (Å²) in [4.78, 5) is 26.7. The number of pyridine rings is 1. The van der Waals surface area contributed by atoms with Crippen LogP contribution in [-0.4, -0.2) is 22.8 Å². The van der Waals surface area contributed by atoms with Crippen molar-refractivity contribution in [3.8, 4) is 0 Å². The van der Waals surface area contributed by atoms with Crippen molar-refractivity contribution in [2.45, 2.75) is 32.2 Å². The molecule has 1 aromatic heterocycles. The summed E-state index contributed by atoms with van der Waals surface area (Å²) in [5.41, 5.74) is 1.84. The summed E-state index contributed by atoms with van der Waals surface area (Å²) < 4.78 is 0. The van der Waals surface area contributed by atoms with Crippen molar-refractivity contribution in [3.05, 3.63) is 33.7 Å². The second-order valence-electron chi connectivity index (χ2n) is 4.26. The highest BCUT2D eigenvalue weighted by molar-refractivity contribution is 5.49. The van der Waals surface area contributed by atoms with E-state index in [0.717, 1.165) is 43.5 Å². The first-order valence-electron chi connectivity index (χ1n) is 5.63. The molecule has 1 amide bonds. The van der Waals surface area contributed by atoms with E-state index in [9.17, 15) is 9.59 Å². The third kappa shape index (κ3) is 2.01. The van der Waals surface area contributed by atoms with Crippen LogP contribution in [0.15, 0.2) is 16.9 Å². The van der Waals surface area contributed by atoms with Gasteiger partial charge in [-0.3, -0.25) is 9.59 Å². The first-order valence-corrected chi connectivity index (χ1v) is 5.63. The molecule has 0 bridgehead atoms. The van der Waals surface area contributed by atoms with Crippen LogP contribution in [0, 0.1) is 6.92 Å². The summed E-state index contributed by atoms with van der Waals surface area (Å²) in [5.74, 6) is 0. The Morgan fingerprint density at radius 2 is 2.25 bits per heavy atom. The quantitative estimate of drug-likeness (QED) is 0.765. The van der Waals surface area contributed by atoms with Gasteiger partial charge in [-0.05, 0) is 37.8 Å². The number of carbonyl (C=O) groups is 1. The van der Waals surface area contributed by atoms with Gasteiger partial charge >= 0.3 is 0 Å². The minimum atomic E-state index is -0.0882. The Balaban J connectivity index is 2.34. The van der Waals surface area contributed by atoms with E-state index in [2.05, 4.69) is 4.98 Å². The van der Waals surface area contributed by atoms with Crippen LogP contribution in [-0.2, 0) is 4.79 Å². The first kappa shape index (κ1) is 10.9. The van der Waals surface area contributed by atoms with Gasteiger partial charge in [-0.15, -0.1) is 0 Å². The Morgan fingerprint density at radius 1 is 1.44 bits per heavy atom. The third-order valence-electron chi connectivity index (χ3n) is 3.20. The molecule has 0 spiro atoms. The summed E-state index contributed by atoms with van der Waals surface area (Å²) in [7, 11) is 0. The zero-order valence-electron chi connectivity index (χ0n) is 9.40. The molecule has 2 rings (SSSR count). The molecule has 86 valence electrons. The molecule has 0 aliphatic carbocycles. The Labute approximate surface area is 94.3 Å². The predicted molar refractivity (Wildman–Crippen MR) is 61.2 cm³/mol. The molecule has 16 heavy (non-hydrogen) atoms. The molecule has 1 N–H and O–H groups in total. The molecular formula is C12H16N2O2. The zero-order valence-corrected chi connectivity index (χ0v) is 9.40. The molecule has 1 aliphatic rings. The number of rotatable bonds is 2. The van der Waals surface area contributed by atoms with Crippen LogP contribution < -0.4 is 5.56 Å². The average Bonchev–Trinajstić information content (AvgIpc) is 2.29. The Hall–Kier alpha value is -1.58. The van der Waals surface area contributed by atoms with E-state index in [1.807, 2.05) is 17.9 Å². The molecule has 1 aromatic rings. The number of nitrogens with one attached hydrogen (secondary N) is 1. The van der Waals surface area contributed by atoms with E-state index in [1.54, 1.807) is 0 Å². The van der Waals surface area contributed by atoms with Gasteiger partial charge in [0.05, 0.1) is 6.04 Å². The van der Waals surface area contributed by atoms with Gasteiger partial charge in [0.15, 0.2) is 0 Å². The molecule has 0 saturated carbocycles. The number of amides is 1. The molecule has 4 nitrogen and oxygen atoms in total. The molecule has 0 radical (unpaired) electrons. The third-order valence-corrected chi connectivity index (χ3v) is 3.20. The number of piperidine rings is 1. The number of carbonyl (C=O) groups excluding carboxylic acids is 1. The van der Waals surface area contributed by atoms with Crippen LogP contribution in [0.4, 0.5) is 0 Å². The van der Waals surface area contributed by atoms with Crippen molar-refractivity contribution in [1.82, 2.24) is 9.88 Å². The highest BCUT2D eigenvalue weighted by Crippen LogP contribution is 2.30. The number of aromatic amines is 1. The van der Waals surface area contributed by atoms with E-state index in [1.165, 1.54) is 6.07 Å². The van der Waals surface area contributed by atoms with Crippen molar-refractivity contribution < 1.29 is 4.79 Å². The van der Waals surface area contributed by atoms with Crippen molar-refractivity contribution in [3.63, 3.8) is 0 Å². The lowest BCUT2D eigenvalue weighted by molar-refractivity contribution is -0.121. The van der Waals surface area contributed by atoms with Crippen molar-refractivity contribution in [2.24, 2.45) is 0 Å². The predicted octanol–water partition coefficient (Wildman–Crippen LogP) is 1.37. The van der Waals surface area contributed by atoms with Gasteiger partial charge in [0, 0.05) is 18.3 Å². The number of aromatic nitrogens is 1. The van der Waals surface area contributed by atoms with Crippen molar-refractivity contribution in [2.75, 3.05) is 6.54 Å². The average molecular weight is 220 g/mol. The molecule has 2 heterocycles. The largest absolute Gasteiger partial charge is 0.338 e. The van der Waals surface area contributed by atoms with Crippen molar-refractivity contribution >= 4 is 6.41 Å². The molecule has 0 aromatic carbocycles. The molecular weight excluding hydrogens is 204 g/mol. The summed E-state index contributed by atoms with van der Waals surface area (Å²) in [6.07, 6.45) is 4.09. The number of hydrogen-bond acceptors (Lipinski definition) is 2. The minimum Gasteiger partial charge on any atom is -0.338 e. The fourth-order valence-electron chi connectivity index (χ4n) is 2.36. The normalized spacial score (nSPS) is 20.8. The molecule has 4 heteroatoms. The van der Waals surface area contributed by atoms with E-state index in [0.29, 0.717) is 0 Å². The Kier molecular flexibility index (Phi) is 3.08. The van der Waals surface area contributed by atoms with Gasteiger partial charge in [0.25, 0.3) is 0 Å². The summed E-state index contributed by atoms with van der Waals surface area (Å²) in [6, 6.07) is 3.49. The summed E-state index contributed by atoms with van der Waals surface area (Å²) >= 11 is 0. The van der Waals surface area contributed by atoms with Crippen molar-refractivity contribution in [1.29, 1.82) is 0 Å². The number of likely N-dealkylation sites (tertiary alicyclic amines) is 1. The maximum Gasteiger partial charge on any atom is 0.248 e. The SMILES string of the molecule is Cc1[nH]c(=O)ccc1C1CCCCN1C=O. The molecule has 1 fully saturated rings. The van der Waals surface area contributed by atoms with Gasteiger partial charge in [0.1, 0.15) is 0 Å². The highest BCUT2D eigenvalue weighted by Gasteiger charge is 2.23. The van der Waals surface area contributed by atoms with E-state index >= 15 is 0 Å². The fraction of sp³-hybridized carbons (Fsp3) is 0.500. The van der Waals surface area contributed by atoms with E-state index < -0.39 is 0 Å². The van der Waals surface area contributed by atoms with E-state index in [-0.39, 0.29) is 11.6 Å². The fourth-order valence-corrected chi connectivity index (χ4v) is 2.36. The Morgan fingerprint density at radius 3 is 2.94 bits per heavy atom. The first-order chi connectivity index (χ1) is 7.72. The van der Waals surface area contributed by atoms with Gasteiger partial charge in [0.2, 0.25) is 12.0 Å². The zero-order chi connectivity index (χ0) is 11.5. The highest BCUT2D eigenvalue weighted by atomic mass is 16.1. The summed E-state index contributed by atoms with van der Waals surface area (Å²) in [5, 5.41) is 0. The second-order valence-corrected chi connectivity index (χ2v) is 4.26. The number of nitrogens with zero attached hydrogens (tertiary/aromatic N) is 1. The number of hydrogen-bond donors (Lipinski definition) is 1. The lowest BCUT2D eigenvalue weighted by atomic mass is 9.95. The minimum absolute atomic E-state index is 0.0882. The maximum atomic E-state index is 11.1.